The maximum absolute atomic E-state index is 12.6. The van der Waals surface area contributed by atoms with Gasteiger partial charge < -0.3 is 0 Å². The summed E-state index contributed by atoms with van der Waals surface area (Å²) in [5.74, 6) is 0. The lowest BCUT2D eigenvalue weighted by atomic mass is 10.3. The van der Waals surface area contributed by atoms with Crippen LogP contribution in [0.25, 0.3) is 5.69 Å². The van der Waals surface area contributed by atoms with Gasteiger partial charge in [-0.25, -0.2) is 18.1 Å². The van der Waals surface area contributed by atoms with Crippen LogP contribution in [-0.4, -0.2) is 23.2 Å². The quantitative estimate of drug-likeness (QED) is 0.676. The highest BCUT2D eigenvalue weighted by atomic mass is 35.5. The van der Waals surface area contributed by atoms with Crippen molar-refractivity contribution in [3.63, 3.8) is 0 Å². The average molecular weight is 397 g/mol. The van der Waals surface area contributed by atoms with Crippen LogP contribution in [0.1, 0.15) is 11.4 Å². The molecule has 0 aliphatic heterocycles. The zero-order chi connectivity index (χ0) is 18.2. The molecule has 0 saturated carbocycles. The Labute approximate surface area is 155 Å². The Morgan fingerprint density at radius 2 is 1.84 bits per heavy atom. The minimum Gasteiger partial charge on any atom is -0.279 e. The number of hydrogen-bond acceptors (Lipinski definition) is 4. The van der Waals surface area contributed by atoms with E-state index in [9.17, 15) is 8.42 Å². The minimum atomic E-state index is -3.90. The highest BCUT2D eigenvalue weighted by Gasteiger charge is 2.19. The average Bonchev–Trinajstić information content (AvgIpc) is 2.85. The number of rotatable bonds is 4. The first kappa shape index (κ1) is 17.7. The van der Waals surface area contributed by atoms with Crippen molar-refractivity contribution in [2.24, 2.45) is 0 Å². The first-order chi connectivity index (χ1) is 11.8. The molecule has 0 atom stereocenters. The van der Waals surface area contributed by atoms with E-state index in [0.717, 1.165) is 17.1 Å². The second kappa shape index (κ2) is 6.67. The molecule has 0 radical (unpaired) electrons. The lowest BCUT2D eigenvalue weighted by Gasteiger charge is -2.11. The van der Waals surface area contributed by atoms with Gasteiger partial charge in [0.25, 0.3) is 10.0 Å². The first-order valence-corrected chi connectivity index (χ1v) is 9.49. The Morgan fingerprint density at radius 3 is 2.48 bits per heavy atom. The maximum atomic E-state index is 12.6. The number of benzene rings is 1. The van der Waals surface area contributed by atoms with Crippen LogP contribution in [0.2, 0.25) is 10.3 Å². The topological polar surface area (TPSA) is 76.9 Å². The van der Waals surface area contributed by atoms with E-state index in [0.29, 0.717) is 5.69 Å². The summed E-state index contributed by atoms with van der Waals surface area (Å²) in [6, 6.07) is 11.5. The van der Waals surface area contributed by atoms with Gasteiger partial charge in [-0.3, -0.25) is 4.72 Å². The van der Waals surface area contributed by atoms with E-state index in [1.165, 1.54) is 12.1 Å². The molecule has 0 aliphatic rings. The highest BCUT2D eigenvalue weighted by molar-refractivity contribution is 7.92. The van der Waals surface area contributed by atoms with Crippen LogP contribution in [0.15, 0.2) is 47.4 Å². The summed E-state index contributed by atoms with van der Waals surface area (Å²) in [7, 11) is -3.90. The van der Waals surface area contributed by atoms with Gasteiger partial charge in [-0.15, -0.1) is 0 Å². The van der Waals surface area contributed by atoms with Crippen LogP contribution in [0.4, 0.5) is 5.69 Å². The monoisotopic (exact) mass is 396 g/mol. The molecule has 25 heavy (non-hydrogen) atoms. The van der Waals surface area contributed by atoms with Crippen molar-refractivity contribution in [2.45, 2.75) is 18.7 Å². The van der Waals surface area contributed by atoms with Gasteiger partial charge in [0.15, 0.2) is 5.15 Å². The second-order valence-electron chi connectivity index (χ2n) is 5.42. The first-order valence-electron chi connectivity index (χ1n) is 7.25. The fourth-order valence-corrected chi connectivity index (χ4v) is 4.11. The molecule has 130 valence electrons. The van der Waals surface area contributed by atoms with Gasteiger partial charge in [0.05, 0.1) is 17.1 Å². The second-order valence-corrected chi connectivity index (χ2v) is 7.81. The molecule has 0 bridgehead atoms. The highest BCUT2D eigenvalue weighted by Crippen LogP contribution is 2.25. The molecule has 0 saturated heterocycles. The van der Waals surface area contributed by atoms with Crippen LogP contribution in [0.3, 0.4) is 0 Å². The summed E-state index contributed by atoms with van der Waals surface area (Å²) < 4.78 is 29.3. The third-order valence-corrected chi connectivity index (χ3v) is 5.45. The van der Waals surface area contributed by atoms with E-state index in [2.05, 4.69) is 14.8 Å². The number of nitrogens with zero attached hydrogens (tertiary/aromatic N) is 3. The summed E-state index contributed by atoms with van der Waals surface area (Å²) in [5, 5.41) is 4.33. The Morgan fingerprint density at radius 1 is 1.08 bits per heavy atom. The SMILES string of the molecule is Cc1cc(C)n(-c2cccc(NS(=O)(=O)c3ccc(Cl)nc3Cl)c2)n1. The summed E-state index contributed by atoms with van der Waals surface area (Å²) in [6.45, 7) is 3.82. The third kappa shape index (κ3) is 3.78. The van der Waals surface area contributed by atoms with Crippen LogP contribution in [-0.2, 0) is 10.0 Å². The van der Waals surface area contributed by atoms with Crippen LogP contribution in [0.5, 0.6) is 0 Å². The van der Waals surface area contributed by atoms with Crippen molar-refractivity contribution < 1.29 is 8.42 Å². The molecule has 3 aromatic rings. The van der Waals surface area contributed by atoms with E-state index in [1.807, 2.05) is 26.0 Å². The number of halogens is 2. The molecule has 3 rings (SSSR count). The standard InChI is InChI=1S/C16H14Cl2N4O2S/c1-10-8-11(2)22(20-10)13-5-3-4-12(9-13)21-25(23,24)14-6-7-15(17)19-16(14)18/h3-9,21H,1-2H3. The Hall–Kier alpha value is -2.09. The molecule has 1 aromatic carbocycles. The predicted molar refractivity (Wildman–Crippen MR) is 98.1 cm³/mol. The molecule has 2 aromatic heterocycles. The number of aromatic nitrogens is 3. The molecular weight excluding hydrogens is 383 g/mol. The number of anilines is 1. The number of aryl methyl sites for hydroxylation is 2. The Balaban J connectivity index is 1.95. The smallest absolute Gasteiger partial charge is 0.264 e. The van der Waals surface area contributed by atoms with Gasteiger partial charge in [-0.05, 0) is 50.2 Å². The largest absolute Gasteiger partial charge is 0.279 e. The van der Waals surface area contributed by atoms with Crippen LogP contribution in [0, 0.1) is 13.8 Å². The van der Waals surface area contributed by atoms with E-state index in [4.69, 9.17) is 23.2 Å². The van der Waals surface area contributed by atoms with Gasteiger partial charge in [0.2, 0.25) is 0 Å². The van der Waals surface area contributed by atoms with Crippen LogP contribution < -0.4 is 4.72 Å². The van der Waals surface area contributed by atoms with E-state index in [-0.39, 0.29) is 15.2 Å². The molecule has 0 fully saturated rings. The van der Waals surface area contributed by atoms with Gasteiger partial charge in [-0.2, -0.15) is 5.10 Å². The van der Waals surface area contributed by atoms with E-state index >= 15 is 0 Å². The predicted octanol–water partition coefficient (Wildman–Crippen LogP) is 3.99. The number of hydrogen-bond donors (Lipinski definition) is 1. The molecule has 0 unspecified atom stereocenters. The van der Waals surface area contributed by atoms with Crippen molar-refractivity contribution in [1.29, 1.82) is 0 Å². The molecule has 0 aliphatic carbocycles. The lowest BCUT2D eigenvalue weighted by Crippen LogP contribution is -2.14. The molecule has 2 heterocycles. The van der Waals surface area contributed by atoms with Gasteiger partial charge in [0, 0.05) is 5.69 Å². The van der Waals surface area contributed by atoms with Crippen LogP contribution >= 0.6 is 23.2 Å². The summed E-state index contributed by atoms with van der Waals surface area (Å²) in [6.07, 6.45) is 0. The van der Waals surface area contributed by atoms with Crippen molar-refractivity contribution in [2.75, 3.05) is 4.72 Å². The van der Waals surface area contributed by atoms with Crippen molar-refractivity contribution in [3.8, 4) is 5.69 Å². The zero-order valence-electron chi connectivity index (χ0n) is 13.4. The lowest BCUT2D eigenvalue weighted by molar-refractivity contribution is 0.601. The molecule has 1 N–H and O–H groups in total. The number of nitrogens with one attached hydrogen (secondary N) is 1. The van der Waals surface area contributed by atoms with Crippen molar-refractivity contribution >= 4 is 38.9 Å². The van der Waals surface area contributed by atoms with E-state index in [1.54, 1.807) is 22.9 Å². The minimum absolute atomic E-state index is 0.121. The third-order valence-electron chi connectivity index (χ3n) is 3.42. The fraction of sp³-hybridized carbons (Fsp3) is 0.125. The normalized spacial score (nSPS) is 11.5. The van der Waals surface area contributed by atoms with E-state index < -0.39 is 10.0 Å². The van der Waals surface area contributed by atoms with Gasteiger partial charge in [-0.1, -0.05) is 29.3 Å². The molecule has 0 amide bonds. The Kier molecular flexibility index (Phi) is 4.73. The summed E-state index contributed by atoms with van der Waals surface area (Å²) in [4.78, 5) is 3.62. The Bertz CT molecular complexity index is 1050. The summed E-state index contributed by atoms with van der Waals surface area (Å²) >= 11 is 11.6. The number of pyridine rings is 1. The number of sulfonamides is 1. The summed E-state index contributed by atoms with van der Waals surface area (Å²) in [5.41, 5.74) is 2.95. The van der Waals surface area contributed by atoms with Gasteiger partial charge >= 0.3 is 0 Å². The van der Waals surface area contributed by atoms with Gasteiger partial charge in [0.1, 0.15) is 10.0 Å². The maximum Gasteiger partial charge on any atom is 0.264 e. The fourth-order valence-electron chi connectivity index (χ4n) is 2.40. The van der Waals surface area contributed by atoms with Crippen molar-refractivity contribution in [3.05, 3.63) is 64.2 Å². The molecule has 9 heteroatoms. The molecule has 6 nitrogen and oxygen atoms in total. The molecular formula is C16H14Cl2N4O2S. The van der Waals surface area contributed by atoms with Crippen molar-refractivity contribution in [1.82, 2.24) is 14.8 Å². The zero-order valence-corrected chi connectivity index (χ0v) is 15.7. The molecule has 0 spiro atoms.